The van der Waals surface area contributed by atoms with Crippen LogP contribution < -0.4 is 10.6 Å². The predicted octanol–water partition coefficient (Wildman–Crippen LogP) is 5.26. The highest BCUT2D eigenvalue weighted by Gasteiger charge is 2.30. The van der Waals surface area contributed by atoms with Gasteiger partial charge in [0, 0.05) is 16.1 Å². The molecule has 0 radical (unpaired) electrons. The van der Waals surface area contributed by atoms with Crippen LogP contribution in [0.1, 0.15) is 16.1 Å². The number of amides is 2. The summed E-state index contributed by atoms with van der Waals surface area (Å²) in [5.74, 6) is -0.242. The van der Waals surface area contributed by atoms with Gasteiger partial charge in [0.2, 0.25) is 5.91 Å². The summed E-state index contributed by atoms with van der Waals surface area (Å²) in [6.45, 7) is 0. The smallest absolute Gasteiger partial charge is 0.416 e. The maximum Gasteiger partial charge on any atom is 0.416 e. The van der Waals surface area contributed by atoms with Crippen LogP contribution in [0.4, 0.5) is 24.5 Å². The highest BCUT2D eigenvalue weighted by Crippen LogP contribution is 2.34. The Kier molecular flexibility index (Phi) is 4.83. The van der Waals surface area contributed by atoms with Crippen LogP contribution in [0.2, 0.25) is 0 Å². The molecule has 2 heterocycles. The Morgan fingerprint density at radius 3 is 2.72 bits per heavy atom. The van der Waals surface area contributed by atoms with E-state index in [2.05, 4.69) is 10.6 Å². The van der Waals surface area contributed by atoms with Crippen molar-refractivity contribution >= 4 is 35.0 Å². The topological polar surface area (TPSA) is 71.3 Å². The molecule has 0 spiro atoms. The molecule has 0 bridgehead atoms. The average molecular weight is 418 g/mol. The second-order valence-electron chi connectivity index (χ2n) is 6.24. The average Bonchev–Trinajstić information content (AvgIpc) is 3.17. The van der Waals surface area contributed by atoms with Crippen LogP contribution in [-0.2, 0) is 11.0 Å². The SMILES string of the molecule is O=C1CSc2ccc(NC(=O)c3ccc(-c4cccc(C(F)(F)F)c4)o3)cc2N1. The quantitative estimate of drug-likeness (QED) is 0.609. The second-order valence-corrected chi connectivity index (χ2v) is 7.26. The van der Waals surface area contributed by atoms with E-state index in [1.807, 2.05) is 0 Å². The van der Waals surface area contributed by atoms with Crippen LogP contribution in [-0.4, -0.2) is 17.6 Å². The van der Waals surface area contributed by atoms with E-state index >= 15 is 0 Å². The van der Waals surface area contributed by atoms with Gasteiger partial charge in [-0.3, -0.25) is 9.59 Å². The second kappa shape index (κ2) is 7.32. The molecular weight excluding hydrogens is 405 g/mol. The third kappa shape index (κ3) is 4.14. The van der Waals surface area contributed by atoms with E-state index in [-0.39, 0.29) is 23.0 Å². The van der Waals surface area contributed by atoms with Crippen LogP contribution in [0.5, 0.6) is 0 Å². The minimum absolute atomic E-state index is 0.0476. The van der Waals surface area contributed by atoms with Crippen LogP contribution in [0, 0.1) is 0 Å². The van der Waals surface area contributed by atoms with Crippen molar-refractivity contribution in [2.45, 2.75) is 11.1 Å². The van der Waals surface area contributed by atoms with Gasteiger partial charge in [0.15, 0.2) is 5.76 Å². The van der Waals surface area contributed by atoms with Crippen LogP contribution in [0.3, 0.4) is 0 Å². The summed E-state index contributed by atoms with van der Waals surface area (Å²) in [5, 5.41) is 5.38. The molecule has 3 aromatic rings. The maximum absolute atomic E-state index is 12.9. The molecule has 0 unspecified atom stereocenters. The molecule has 29 heavy (non-hydrogen) atoms. The van der Waals surface area contributed by atoms with Gasteiger partial charge in [-0.25, -0.2) is 0 Å². The first kappa shape index (κ1) is 19.1. The molecule has 0 saturated carbocycles. The Labute approximate surface area is 167 Å². The van der Waals surface area contributed by atoms with Crippen molar-refractivity contribution in [2.24, 2.45) is 0 Å². The number of hydrogen-bond donors (Lipinski definition) is 2. The fourth-order valence-corrected chi connectivity index (χ4v) is 3.61. The number of hydrogen-bond acceptors (Lipinski definition) is 4. The first-order valence-corrected chi connectivity index (χ1v) is 9.44. The third-order valence-corrected chi connectivity index (χ3v) is 5.25. The predicted molar refractivity (Wildman–Crippen MR) is 103 cm³/mol. The summed E-state index contributed by atoms with van der Waals surface area (Å²) in [4.78, 5) is 24.8. The molecule has 4 rings (SSSR count). The van der Waals surface area contributed by atoms with E-state index in [9.17, 15) is 22.8 Å². The highest BCUT2D eigenvalue weighted by atomic mass is 32.2. The van der Waals surface area contributed by atoms with E-state index in [0.29, 0.717) is 17.1 Å². The summed E-state index contributed by atoms with van der Waals surface area (Å²) in [5.41, 5.74) is 0.473. The van der Waals surface area contributed by atoms with Gasteiger partial charge in [0.05, 0.1) is 17.0 Å². The van der Waals surface area contributed by atoms with Gasteiger partial charge >= 0.3 is 6.18 Å². The van der Waals surface area contributed by atoms with Crippen molar-refractivity contribution in [2.75, 3.05) is 16.4 Å². The van der Waals surface area contributed by atoms with E-state index in [0.717, 1.165) is 17.0 Å². The minimum Gasteiger partial charge on any atom is -0.451 e. The number of rotatable bonds is 3. The number of nitrogens with one attached hydrogen (secondary N) is 2. The van der Waals surface area contributed by atoms with Crippen LogP contribution in [0.15, 0.2) is 63.9 Å². The lowest BCUT2D eigenvalue weighted by molar-refractivity contribution is -0.137. The Balaban J connectivity index is 1.52. The van der Waals surface area contributed by atoms with Crippen molar-refractivity contribution in [3.05, 3.63) is 65.9 Å². The first-order chi connectivity index (χ1) is 13.8. The zero-order valence-corrected chi connectivity index (χ0v) is 15.5. The molecule has 1 aliphatic rings. The molecule has 2 amide bonds. The number of thioether (sulfide) groups is 1. The lowest BCUT2D eigenvalue weighted by atomic mass is 10.1. The lowest BCUT2D eigenvalue weighted by Crippen LogP contribution is -2.19. The fourth-order valence-electron chi connectivity index (χ4n) is 2.82. The van der Waals surface area contributed by atoms with Crippen molar-refractivity contribution < 1.29 is 27.2 Å². The number of carbonyl (C=O) groups excluding carboxylic acids is 2. The lowest BCUT2D eigenvalue weighted by Gasteiger charge is -2.17. The molecule has 0 saturated heterocycles. The summed E-state index contributed by atoms with van der Waals surface area (Å²) >= 11 is 1.40. The number of carbonyl (C=O) groups is 2. The van der Waals surface area contributed by atoms with Gasteiger partial charge in [-0.2, -0.15) is 13.2 Å². The van der Waals surface area contributed by atoms with Gasteiger partial charge in [-0.05, 0) is 42.5 Å². The molecule has 0 fully saturated rings. The highest BCUT2D eigenvalue weighted by molar-refractivity contribution is 8.00. The summed E-state index contributed by atoms with van der Waals surface area (Å²) < 4.78 is 44.1. The number of fused-ring (bicyclic) bond motifs is 1. The van der Waals surface area contributed by atoms with E-state index < -0.39 is 17.6 Å². The van der Waals surface area contributed by atoms with Crippen LogP contribution in [0.25, 0.3) is 11.3 Å². The van der Waals surface area contributed by atoms with Gasteiger partial charge in [-0.15, -0.1) is 11.8 Å². The van der Waals surface area contributed by atoms with Gasteiger partial charge in [-0.1, -0.05) is 12.1 Å². The summed E-state index contributed by atoms with van der Waals surface area (Å²) in [6, 6.07) is 12.6. The largest absolute Gasteiger partial charge is 0.451 e. The molecule has 2 aromatic carbocycles. The van der Waals surface area contributed by atoms with Crippen LogP contribution >= 0.6 is 11.8 Å². The zero-order valence-electron chi connectivity index (χ0n) is 14.7. The molecule has 1 aromatic heterocycles. The zero-order chi connectivity index (χ0) is 20.6. The summed E-state index contributed by atoms with van der Waals surface area (Å²) in [6.07, 6.45) is -4.47. The normalized spacial score (nSPS) is 13.6. The minimum atomic E-state index is -4.47. The van der Waals surface area contributed by atoms with E-state index in [4.69, 9.17) is 4.42 Å². The molecule has 2 N–H and O–H groups in total. The molecule has 9 heteroatoms. The Morgan fingerprint density at radius 2 is 1.93 bits per heavy atom. The number of anilines is 2. The first-order valence-electron chi connectivity index (χ1n) is 8.45. The van der Waals surface area contributed by atoms with Gasteiger partial charge in [0.25, 0.3) is 5.91 Å². The van der Waals surface area contributed by atoms with Crippen molar-refractivity contribution in [3.8, 4) is 11.3 Å². The van der Waals surface area contributed by atoms with E-state index in [1.165, 1.54) is 36.0 Å². The molecule has 1 aliphatic heterocycles. The maximum atomic E-state index is 12.9. The number of halogens is 3. The number of furan rings is 1. The third-order valence-electron chi connectivity index (χ3n) is 4.17. The van der Waals surface area contributed by atoms with Crippen molar-refractivity contribution in [3.63, 3.8) is 0 Å². The molecule has 5 nitrogen and oxygen atoms in total. The van der Waals surface area contributed by atoms with Crippen molar-refractivity contribution in [1.29, 1.82) is 0 Å². The molecule has 0 aliphatic carbocycles. The molecule has 0 atom stereocenters. The summed E-state index contributed by atoms with van der Waals surface area (Å²) in [7, 11) is 0. The Morgan fingerprint density at radius 1 is 1.10 bits per heavy atom. The monoisotopic (exact) mass is 418 g/mol. The molecule has 148 valence electrons. The van der Waals surface area contributed by atoms with Crippen molar-refractivity contribution in [1.82, 2.24) is 0 Å². The molecular formula is C20H13F3N2O3S. The van der Waals surface area contributed by atoms with Gasteiger partial charge in [0.1, 0.15) is 5.76 Å². The number of benzene rings is 2. The fraction of sp³-hybridized carbons (Fsp3) is 0.100. The standard InChI is InChI=1S/C20H13F3N2O3S/c21-20(22,23)12-3-1-2-11(8-12)15-5-6-16(28-15)19(27)24-13-4-7-17-14(9-13)25-18(26)10-29-17/h1-9H,10H2,(H,24,27)(H,25,26). The Hall–Kier alpha value is -3.20. The Bertz CT molecular complexity index is 1110. The van der Waals surface area contributed by atoms with Gasteiger partial charge < -0.3 is 15.1 Å². The number of alkyl halides is 3. The van der Waals surface area contributed by atoms with E-state index in [1.54, 1.807) is 18.2 Å².